The molecule has 1 saturated heterocycles. The van der Waals surface area contributed by atoms with Crippen molar-refractivity contribution < 1.29 is 22.7 Å². The Balaban J connectivity index is 1.83. The Morgan fingerprint density at radius 3 is 2.37 bits per heavy atom. The maximum absolute atomic E-state index is 13.0. The number of ether oxygens (including phenoxy) is 1. The minimum absolute atomic E-state index is 0.0831. The van der Waals surface area contributed by atoms with Crippen LogP contribution in [0.4, 0.5) is 5.69 Å². The highest BCUT2D eigenvalue weighted by Gasteiger charge is 2.28. The van der Waals surface area contributed by atoms with Crippen molar-refractivity contribution in [1.82, 2.24) is 9.21 Å². The van der Waals surface area contributed by atoms with Gasteiger partial charge in [-0.25, -0.2) is 13.2 Å². The van der Waals surface area contributed by atoms with Gasteiger partial charge < -0.3 is 15.0 Å². The quantitative estimate of drug-likeness (QED) is 0.728. The lowest BCUT2D eigenvalue weighted by Crippen LogP contribution is -2.47. The number of hydrogen-bond acceptors (Lipinski definition) is 6. The molecule has 0 aliphatic carbocycles. The summed E-state index contributed by atoms with van der Waals surface area (Å²) in [6, 6.07) is 10.9. The van der Waals surface area contributed by atoms with Crippen LogP contribution in [0.3, 0.4) is 0 Å². The highest BCUT2D eigenvalue weighted by atomic mass is 32.2. The van der Waals surface area contributed by atoms with E-state index in [4.69, 9.17) is 4.74 Å². The van der Waals surface area contributed by atoms with Crippen LogP contribution in [0.2, 0.25) is 0 Å². The Morgan fingerprint density at radius 2 is 1.70 bits per heavy atom. The number of anilines is 1. The number of rotatable bonds is 5. The third-order valence-electron chi connectivity index (χ3n) is 5.18. The van der Waals surface area contributed by atoms with E-state index in [1.165, 1.54) is 23.5 Å². The Kier molecular flexibility index (Phi) is 6.55. The minimum Gasteiger partial charge on any atom is -0.465 e. The molecule has 30 heavy (non-hydrogen) atoms. The summed E-state index contributed by atoms with van der Waals surface area (Å²) in [6.45, 7) is 3.85. The van der Waals surface area contributed by atoms with Gasteiger partial charge in [-0.1, -0.05) is 12.1 Å². The van der Waals surface area contributed by atoms with E-state index in [2.05, 4.69) is 10.2 Å². The highest BCUT2D eigenvalue weighted by Crippen LogP contribution is 2.22. The van der Waals surface area contributed by atoms with Gasteiger partial charge in [0.15, 0.2) is 0 Å². The molecular weight excluding hydrogens is 406 g/mol. The summed E-state index contributed by atoms with van der Waals surface area (Å²) < 4.78 is 32.1. The fraction of sp³-hybridized carbons (Fsp3) is 0.333. The van der Waals surface area contributed by atoms with E-state index < -0.39 is 21.9 Å². The van der Waals surface area contributed by atoms with Crippen molar-refractivity contribution in [2.24, 2.45) is 0 Å². The van der Waals surface area contributed by atoms with E-state index >= 15 is 0 Å². The summed E-state index contributed by atoms with van der Waals surface area (Å²) >= 11 is 0. The van der Waals surface area contributed by atoms with Gasteiger partial charge in [-0.2, -0.15) is 4.31 Å². The van der Waals surface area contributed by atoms with Crippen molar-refractivity contribution in [3.63, 3.8) is 0 Å². The molecule has 8 nitrogen and oxygen atoms in total. The van der Waals surface area contributed by atoms with Crippen LogP contribution >= 0.6 is 0 Å². The smallest absolute Gasteiger partial charge is 0.338 e. The summed E-state index contributed by atoms with van der Waals surface area (Å²) in [6.07, 6.45) is 0. The van der Waals surface area contributed by atoms with Crippen molar-refractivity contribution in [3.05, 3.63) is 59.2 Å². The number of piperazine rings is 1. The maximum atomic E-state index is 13.0. The number of amides is 1. The van der Waals surface area contributed by atoms with Crippen LogP contribution < -0.4 is 5.32 Å². The molecule has 0 radical (unpaired) electrons. The number of nitrogens with one attached hydrogen (secondary N) is 1. The second kappa shape index (κ2) is 8.95. The number of esters is 1. The molecule has 0 saturated carbocycles. The second-order valence-electron chi connectivity index (χ2n) is 7.16. The summed E-state index contributed by atoms with van der Waals surface area (Å²) in [7, 11) is -0.437. The molecule has 0 atom stereocenters. The SMILES string of the molecule is COC(=O)c1cccc(NC(=O)c2cccc(S(=O)(=O)N3CCN(C)CC3)c2)c1C. The van der Waals surface area contributed by atoms with Gasteiger partial charge in [-0.05, 0) is 49.9 Å². The molecule has 1 fully saturated rings. The van der Waals surface area contributed by atoms with Gasteiger partial charge in [0.1, 0.15) is 0 Å². The van der Waals surface area contributed by atoms with E-state index in [-0.39, 0.29) is 10.5 Å². The zero-order valence-electron chi connectivity index (χ0n) is 17.2. The molecule has 1 aliphatic rings. The molecule has 1 heterocycles. The zero-order chi connectivity index (χ0) is 21.9. The van der Waals surface area contributed by atoms with Gasteiger partial charge in [-0.15, -0.1) is 0 Å². The van der Waals surface area contributed by atoms with E-state index in [1.807, 2.05) is 7.05 Å². The van der Waals surface area contributed by atoms with E-state index in [1.54, 1.807) is 37.3 Å². The van der Waals surface area contributed by atoms with Crippen LogP contribution in [0.15, 0.2) is 47.4 Å². The Morgan fingerprint density at radius 1 is 1.03 bits per heavy atom. The predicted molar refractivity (Wildman–Crippen MR) is 113 cm³/mol. The summed E-state index contributed by atoms with van der Waals surface area (Å²) in [5.41, 5.74) is 1.59. The number of nitrogens with zero attached hydrogens (tertiary/aromatic N) is 2. The Hall–Kier alpha value is -2.75. The first-order valence-electron chi connectivity index (χ1n) is 9.52. The van der Waals surface area contributed by atoms with Crippen LogP contribution in [0.1, 0.15) is 26.3 Å². The maximum Gasteiger partial charge on any atom is 0.338 e. The summed E-state index contributed by atoms with van der Waals surface area (Å²) in [5, 5.41) is 2.75. The molecule has 0 bridgehead atoms. The van der Waals surface area contributed by atoms with Gasteiger partial charge >= 0.3 is 5.97 Å². The van der Waals surface area contributed by atoms with E-state index in [0.717, 1.165) is 0 Å². The number of hydrogen-bond donors (Lipinski definition) is 1. The monoisotopic (exact) mass is 431 g/mol. The zero-order valence-corrected chi connectivity index (χ0v) is 18.0. The van der Waals surface area contributed by atoms with Crippen molar-refractivity contribution in [2.45, 2.75) is 11.8 Å². The van der Waals surface area contributed by atoms with E-state index in [0.29, 0.717) is 43.0 Å². The molecule has 1 amide bonds. The minimum atomic E-state index is -3.68. The standard InChI is InChI=1S/C21H25N3O5S/c1-15-18(21(26)29-3)8-5-9-19(15)22-20(25)16-6-4-7-17(14-16)30(27,28)24-12-10-23(2)11-13-24/h4-9,14H,10-13H2,1-3H3,(H,22,25). The number of sulfonamides is 1. The molecule has 1 aliphatic heterocycles. The Labute approximate surface area is 176 Å². The van der Waals surface area contributed by atoms with Gasteiger partial charge in [-0.3, -0.25) is 4.79 Å². The first-order chi connectivity index (χ1) is 14.2. The molecular formula is C21H25N3O5S. The molecule has 0 aromatic heterocycles. The fourth-order valence-corrected chi connectivity index (χ4v) is 4.74. The number of carbonyl (C=O) groups is 2. The average molecular weight is 432 g/mol. The van der Waals surface area contributed by atoms with E-state index in [9.17, 15) is 18.0 Å². The average Bonchev–Trinajstić information content (AvgIpc) is 2.75. The number of carbonyl (C=O) groups excluding carboxylic acids is 2. The third-order valence-corrected chi connectivity index (χ3v) is 7.08. The molecule has 9 heteroatoms. The van der Waals surface area contributed by atoms with Gasteiger partial charge in [0.25, 0.3) is 5.91 Å². The molecule has 2 aromatic carbocycles. The van der Waals surface area contributed by atoms with Crippen molar-refractivity contribution in [2.75, 3.05) is 45.7 Å². The Bertz CT molecular complexity index is 1060. The summed E-state index contributed by atoms with van der Waals surface area (Å²) in [4.78, 5) is 26.8. The molecule has 1 N–H and O–H groups in total. The van der Waals surface area contributed by atoms with Gasteiger partial charge in [0.2, 0.25) is 10.0 Å². The molecule has 3 rings (SSSR count). The van der Waals surface area contributed by atoms with Crippen LogP contribution in [0.25, 0.3) is 0 Å². The molecule has 160 valence electrons. The van der Waals surface area contributed by atoms with Crippen LogP contribution in [0, 0.1) is 6.92 Å². The summed E-state index contributed by atoms with van der Waals surface area (Å²) in [5.74, 6) is -0.959. The lowest BCUT2D eigenvalue weighted by atomic mass is 10.1. The van der Waals surface area contributed by atoms with Crippen molar-refractivity contribution >= 4 is 27.6 Å². The van der Waals surface area contributed by atoms with Gasteiger partial charge in [0.05, 0.1) is 17.6 Å². The largest absolute Gasteiger partial charge is 0.465 e. The topological polar surface area (TPSA) is 96.0 Å². The second-order valence-corrected chi connectivity index (χ2v) is 9.10. The number of likely N-dealkylation sites (N-methyl/N-ethyl adjacent to an activating group) is 1. The predicted octanol–water partition coefficient (Wildman–Crippen LogP) is 1.97. The van der Waals surface area contributed by atoms with Crippen molar-refractivity contribution in [3.8, 4) is 0 Å². The molecule has 0 unspecified atom stereocenters. The lowest BCUT2D eigenvalue weighted by molar-refractivity contribution is 0.0599. The highest BCUT2D eigenvalue weighted by molar-refractivity contribution is 7.89. The van der Waals surface area contributed by atoms with Crippen LogP contribution in [-0.2, 0) is 14.8 Å². The lowest BCUT2D eigenvalue weighted by Gasteiger charge is -2.31. The van der Waals surface area contributed by atoms with Crippen LogP contribution in [0.5, 0.6) is 0 Å². The number of benzene rings is 2. The first kappa shape index (κ1) is 21.9. The molecule has 2 aromatic rings. The number of methoxy groups -OCH3 is 1. The first-order valence-corrected chi connectivity index (χ1v) is 11.0. The van der Waals surface area contributed by atoms with Crippen LogP contribution in [-0.4, -0.2) is 69.8 Å². The fourth-order valence-electron chi connectivity index (χ4n) is 3.27. The van der Waals surface area contributed by atoms with Gasteiger partial charge in [0, 0.05) is 37.4 Å². The third kappa shape index (κ3) is 4.53. The normalized spacial score (nSPS) is 15.6. The molecule has 0 spiro atoms. The van der Waals surface area contributed by atoms with Crippen molar-refractivity contribution in [1.29, 1.82) is 0 Å².